The molecule has 0 aliphatic carbocycles. The zero-order valence-electron chi connectivity index (χ0n) is 15.7. The summed E-state index contributed by atoms with van der Waals surface area (Å²) in [7, 11) is 0. The normalized spacial score (nSPS) is 16.9. The fourth-order valence-electron chi connectivity index (χ4n) is 4.55. The average molecular weight is 388 g/mol. The third-order valence-electron chi connectivity index (χ3n) is 6.06. The van der Waals surface area contributed by atoms with E-state index in [1.165, 1.54) is 4.90 Å². The molecule has 0 bridgehead atoms. The molecule has 7 heteroatoms. The number of para-hydroxylation sites is 1. The van der Waals surface area contributed by atoms with Crippen molar-refractivity contribution in [1.29, 1.82) is 0 Å². The number of aliphatic hydroxyl groups excluding tert-OH is 1. The van der Waals surface area contributed by atoms with Gasteiger partial charge in [-0.2, -0.15) is 0 Å². The number of aromatic nitrogens is 1. The predicted molar refractivity (Wildman–Crippen MR) is 108 cm³/mol. The molecule has 1 saturated heterocycles. The molecule has 1 spiro atoms. The topological polar surface area (TPSA) is 99.8 Å². The van der Waals surface area contributed by atoms with Crippen molar-refractivity contribution in [2.75, 3.05) is 18.0 Å². The smallest absolute Gasteiger partial charge is 0.314 e. The van der Waals surface area contributed by atoms with Crippen molar-refractivity contribution in [2.24, 2.45) is 5.73 Å². The lowest BCUT2D eigenvalue weighted by molar-refractivity contribution is -0.127. The van der Waals surface area contributed by atoms with Gasteiger partial charge in [-0.05, 0) is 17.0 Å². The van der Waals surface area contributed by atoms with E-state index in [1.54, 1.807) is 11.1 Å². The van der Waals surface area contributed by atoms with E-state index in [9.17, 15) is 14.7 Å². The number of fused-ring (bicyclic) bond motifs is 3. The Kier molecular flexibility index (Phi) is 3.82. The number of aliphatic hydroxyl groups is 1. The summed E-state index contributed by atoms with van der Waals surface area (Å²) >= 11 is 0. The number of nitrogens with two attached hydrogens (primary N) is 1. The molecule has 0 atom stereocenters. The first-order valence-corrected chi connectivity index (χ1v) is 9.47. The summed E-state index contributed by atoms with van der Waals surface area (Å²) in [6.07, 6.45) is 1.77. The van der Waals surface area contributed by atoms with Crippen LogP contribution in [0.1, 0.15) is 16.8 Å². The highest BCUT2D eigenvalue weighted by Gasteiger charge is 2.58. The summed E-state index contributed by atoms with van der Waals surface area (Å²) in [6, 6.07) is 14.9. The third kappa shape index (κ3) is 2.44. The summed E-state index contributed by atoms with van der Waals surface area (Å²) in [4.78, 5) is 32.7. The standard InChI is InChI=1S/C22H20N4O3/c23-21(29)25-12-22(13-25)17-7-3-4-8-19(17)26(20(22)28)10-18-16(11-27)15-6-2-1-5-14(15)9-24-18/h1-9,27H,10-13H2,(H2,23,29). The van der Waals surface area contributed by atoms with Gasteiger partial charge in [0.05, 0.1) is 18.8 Å². The van der Waals surface area contributed by atoms with Crippen LogP contribution in [0.15, 0.2) is 54.7 Å². The lowest BCUT2D eigenvalue weighted by Gasteiger charge is -2.45. The molecule has 0 saturated carbocycles. The van der Waals surface area contributed by atoms with E-state index in [0.717, 1.165) is 27.6 Å². The molecule has 2 aliphatic rings. The van der Waals surface area contributed by atoms with Crippen LogP contribution in [0, 0.1) is 0 Å². The van der Waals surface area contributed by atoms with Gasteiger partial charge in [0.1, 0.15) is 5.41 Å². The number of anilines is 1. The number of hydrogen-bond acceptors (Lipinski definition) is 4. The molecule has 29 heavy (non-hydrogen) atoms. The van der Waals surface area contributed by atoms with E-state index in [2.05, 4.69) is 4.98 Å². The van der Waals surface area contributed by atoms with Gasteiger partial charge in [-0.1, -0.05) is 42.5 Å². The fourth-order valence-corrected chi connectivity index (χ4v) is 4.55. The van der Waals surface area contributed by atoms with Crippen LogP contribution >= 0.6 is 0 Å². The second-order valence-electron chi connectivity index (χ2n) is 7.61. The highest BCUT2D eigenvalue weighted by atomic mass is 16.3. The molecule has 5 rings (SSSR count). The van der Waals surface area contributed by atoms with E-state index in [4.69, 9.17) is 5.73 Å². The number of carbonyl (C=O) groups is 2. The number of urea groups is 1. The number of nitrogens with zero attached hydrogens (tertiary/aromatic N) is 3. The Morgan fingerprint density at radius 1 is 1.14 bits per heavy atom. The molecule has 0 radical (unpaired) electrons. The van der Waals surface area contributed by atoms with E-state index in [0.29, 0.717) is 5.69 Å². The molecular weight excluding hydrogens is 368 g/mol. The van der Waals surface area contributed by atoms with Crippen molar-refractivity contribution < 1.29 is 14.7 Å². The lowest BCUT2D eigenvalue weighted by Crippen LogP contribution is -2.66. The Balaban J connectivity index is 1.55. The largest absolute Gasteiger partial charge is 0.392 e. The molecule has 0 unspecified atom stereocenters. The van der Waals surface area contributed by atoms with Crippen molar-refractivity contribution in [1.82, 2.24) is 9.88 Å². The number of hydrogen-bond donors (Lipinski definition) is 2. The molecule has 1 aromatic heterocycles. The number of rotatable bonds is 3. The molecule has 146 valence electrons. The zero-order valence-corrected chi connectivity index (χ0v) is 15.7. The first-order chi connectivity index (χ1) is 14.0. The van der Waals surface area contributed by atoms with Gasteiger partial charge in [-0.25, -0.2) is 4.79 Å². The van der Waals surface area contributed by atoms with Gasteiger partial charge >= 0.3 is 6.03 Å². The molecule has 7 nitrogen and oxygen atoms in total. The Bertz CT molecular complexity index is 1150. The first kappa shape index (κ1) is 17.6. The van der Waals surface area contributed by atoms with Gasteiger partial charge in [0.25, 0.3) is 0 Å². The number of amides is 3. The van der Waals surface area contributed by atoms with Crippen LogP contribution in [-0.4, -0.2) is 40.0 Å². The number of likely N-dealkylation sites (tertiary alicyclic amines) is 1. The zero-order chi connectivity index (χ0) is 20.2. The Labute approximate surface area is 167 Å². The molecule has 3 heterocycles. The van der Waals surface area contributed by atoms with Crippen LogP contribution in [-0.2, 0) is 23.4 Å². The minimum absolute atomic E-state index is 0.0601. The monoisotopic (exact) mass is 388 g/mol. The maximum Gasteiger partial charge on any atom is 0.314 e. The maximum atomic E-state index is 13.5. The molecule has 3 aromatic rings. The SMILES string of the molecule is NC(=O)N1CC2(C1)C(=O)N(Cc1ncc3ccccc3c1CO)c1ccccc12. The summed E-state index contributed by atoms with van der Waals surface area (Å²) in [5.74, 6) is -0.0601. The minimum atomic E-state index is -0.748. The fraction of sp³-hybridized carbons (Fsp3) is 0.227. The van der Waals surface area contributed by atoms with E-state index < -0.39 is 11.4 Å². The summed E-state index contributed by atoms with van der Waals surface area (Å²) in [5, 5.41) is 11.9. The van der Waals surface area contributed by atoms with Crippen LogP contribution in [0.4, 0.5) is 10.5 Å². The van der Waals surface area contributed by atoms with Crippen LogP contribution in [0.25, 0.3) is 10.8 Å². The quantitative estimate of drug-likeness (QED) is 0.716. The molecule has 3 N–H and O–H groups in total. The molecule has 3 amide bonds. The number of carbonyl (C=O) groups excluding carboxylic acids is 2. The van der Waals surface area contributed by atoms with Crippen molar-refractivity contribution in [3.8, 4) is 0 Å². The van der Waals surface area contributed by atoms with Crippen LogP contribution in [0.3, 0.4) is 0 Å². The van der Waals surface area contributed by atoms with E-state index in [1.807, 2.05) is 48.5 Å². The number of benzene rings is 2. The van der Waals surface area contributed by atoms with Crippen molar-refractivity contribution >= 4 is 28.4 Å². The minimum Gasteiger partial charge on any atom is -0.392 e. The lowest BCUT2D eigenvalue weighted by atomic mass is 9.75. The maximum absolute atomic E-state index is 13.5. The Morgan fingerprint density at radius 2 is 1.86 bits per heavy atom. The number of pyridine rings is 1. The van der Waals surface area contributed by atoms with Gasteiger partial charge < -0.3 is 20.6 Å². The van der Waals surface area contributed by atoms with E-state index >= 15 is 0 Å². The Hall–Kier alpha value is -3.45. The third-order valence-corrected chi connectivity index (χ3v) is 6.06. The van der Waals surface area contributed by atoms with Gasteiger partial charge in [0, 0.05) is 35.9 Å². The second kappa shape index (κ2) is 6.28. The van der Waals surface area contributed by atoms with Gasteiger partial charge in [0.15, 0.2) is 0 Å². The van der Waals surface area contributed by atoms with Crippen molar-refractivity contribution in [3.05, 3.63) is 71.5 Å². The summed E-state index contributed by atoms with van der Waals surface area (Å²) in [5.41, 5.74) is 7.76. The van der Waals surface area contributed by atoms with Gasteiger partial charge in [-0.3, -0.25) is 9.78 Å². The van der Waals surface area contributed by atoms with Crippen LogP contribution in [0.5, 0.6) is 0 Å². The van der Waals surface area contributed by atoms with Crippen molar-refractivity contribution in [3.63, 3.8) is 0 Å². The highest BCUT2D eigenvalue weighted by Crippen LogP contribution is 2.47. The van der Waals surface area contributed by atoms with Crippen LogP contribution in [0.2, 0.25) is 0 Å². The number of primary amides is 1. The average Bonchev–Trinajstić information content (AvgIpc) is 2.95. The summed E-state index contributed by atoms with van der Waals surface area (Å²) in [6.45, 7) is 0.669. The second-order valence-corrected chi connectivity index (χ2v) is 7.61. The highest BCUT2D eigenvalue weighted by molar-refractivity contribution is 6.10. The van der Waals surface area contributed by atoms with Gasteiger partial charge in [-0.15, -0.1) is 0 Å². The van der Waals surface area contributed by atoms with Crippen LogP contribution < -0.4 is 10.6 Å². The molecule has 1 fully saturated rings. The summed E-state index contributed by atoms with van der Waals surface area (Å²) < 4.78 is 0. The molecule has 2 aromatic carbocycles. The van der Waals surface area contributed by atoms with Gasteiger partial charge in [0.2, 0.25) is 5.91 Å². The Morgan fingerprint density at radius 3 is 2.62 bits per heavy atom. The first-order valence-electron chi connectivity index (χ1n) is 9.47. The molecular formula is C22H20N4O3. The molecule has 2 aliphatic heterocycles. The van der Waals surface area contributed by atoms with Crippen molar-refractivity contribution in [2.45, 2.75) is 18.6 Å². The predicted octanol–water partition coefficient (Wildman–Crippen LogP) is 1.91. The van der Waals surface area contributed by atoms with E-state index in [-0.39, 0.29) is 32.1 Å².